The Morgan fingerprint density at radius 1 is 1.44 bits per heavy atom. The Kier molecular flexibility index (Phi) is 2.94. The number of carbonyl (C=O) groups excluding carboxylic acids is 1. The highest BCUT2D eigenvalue weighted by molar-refractivity contribution is 6.32. The summed E-state index contributed by atoms with van der Waals surface area (Å²) in [5.41, 5.74) is 5.20. The Bertz CT molecular complexity index is 639. The van der Waals surface area contributed by atoms with E-state index in [4.69, 9.17) is 17.3 Å². The summed E-state index contributed by atoms with van der Waals surface area (Å²) in [5.74, 6) is -0.781. The highest BCUT2D eigenvalue weighted by atomic mass is 35.5. The quantitative estimate of drug-likeness (QED) is 0.636. The van der Waals surface area contributed by atoms with Crippen LogP contribution >= 0.6 is 11.6 Å². The molecule has 92 valence electrons. The third-order valence-corrected chi connectivity index (χ3v) is 2.52. The van der Waals surface area contributed by atoms with Crippen LogP contribution in [-0.2, 0) is 0 Å². The van der Waals surface area contributed by atoms with Gasteiger partial charge in [-0.3, -0.25) is 14.9 Å². The van der Waals surface area contributed by atoms with Crippen LogP contribution in [0.4, 0.5) is 5.69 Å². The van der Waals surface area contributed by atoms with E-state index in [2.05, 4.69) is 15.4 Å². The van der Waals surface area contributed by atoms with Crippen molar-refractivity contribution in [1.29, 1.82) is 0 Å². The molecule has 2 rings (SSSR count). The summed E-state index contributed by atoms with van der Waals surface area (Å²) in [5, 5.41) is 20.3. The number of hydrogen-bond donors (Lipinski definition) is 2. The average molecular weight is 268 g/mol. The number of nitrogens with zero attached hydrogens (tertiary/aromatic N) is 3. The first-order chi connectivity index (χ1) is 8.50. The van der Waals surface area contributed by atoms with Gasteiger partial charge in [0.2, 0.25) is 0 Å². The Hall–Kier alpha value is -2.48. The van der Waals surface area contributed by atoms with Gasteiger partial charge in [-0.05, 0) is 6.07 Å². The number of primary amides is 1. The molecule has 0 saturated carbocycles. The van der Waals surface area contributed by atoms with E-state index in [-0.39, 0.29) is 22.1 Å². The molecule has 1 aromatic carbocycles. The first kappa shape index (κ1) is 12.0. The van der Waals surface area contributed by atoms with Crippen LogP contribution in [-0.4, -0.2) is 26.2 Å². The molecule has 18 heavy (non-hydrogen) atoms. The van der Waals surface area contributed by atoms with Crippen molar-refractivity contribution in [1.82, 2.24) is 15.4 Å². The lowest BCUT2D eigenvalue weighted by molar-refractivity contribution is -0.384. The lowest BCUT2D eigenvalue weighted by Gasteiger charge is -2.00. The second-order valence-electron chi connectivity index (χ2n) is 3.31. The predicted molar refractivity (Wildman–Crippen MR) is 62.0 cm³/mol. The Morgan fingerprint density at radius 3 is 2.78 bits per heavy atom. The maximum absolute atomic E-state index is 11.1. The highest BCUT2D eigenvalue weighted by Gasteiger charge is 2.19. The van der Waals surface area contributed by atoms with Gasteiger partial charge in [0.15, 0.2) is 5.69 Å². The van der Waals surface area contributed by atoms with Gasteiger partial charge in [-0.1, -0.05) is 17.7 Å². The summed E-state index contributed by atoms with van der Waals surface area (Å²) in [4.78, 5) is 21.2. The number of aromatic amines is 1. The normalized spacial score (nSPS) is 10.3. The van der Waals surface area contributed by atoms with Crippen molar-refractivity contribution >= 4 is 23.2 Å². The molecule has 0 aliphatic heterocycles. The summed E-state index contributed by atoms with van der Waals surface area (Å²) in [7, 11) is 0. The number of nitrogens with two attached hydrogens (primary N) is 1. The number of hydrogen-bond acceptors (Lipinski definition) is 5. The monoisotopic (exact) mass is 267 g/mol. The molecule has 0 bridgehead atoms. The molecule has 0 radical (unpaired) electrons. The minimum atomic E-state index is -0.781. The third-order valence-electron chi connectivity index (χ3n) is 2.20. The first-order valence-corrected chi connectivity index (χ1v) is 5.03. The number of rotatable bonds is 3. The fraction of sp³-hybridized carbons (Fsp3) is 0. The number of H-pyrrole nitrogens is 1. The molecule has 1 heterocycles. The van der Waals surface area contributed by atoms with Crippen molar-refractivity contribution in [3.8, 4) is 11.3 Å². The maximum Gasteiger partial charge on any atom is 0.288 e. The SMILES string of the molecule is NC(=O)c1n[nH]nc1-c1ccc(Cl)c([N+](=O)[O-])c1. The van der Waals surface area contributed by atoms with Crippen molar-refractivity contribution in [2.24, 2.45) is 5.73 Å². The summed E-state index contributed by atoms with van der Waals surface area (Å²) >= 11 is 5.68. The maximum atomic E-state index is 11.1. The second-order valence-corrected chi connectivity index (χ2v) is 3.72. The topological polar surface area (TPSA) is 128 Å². The predicted octanol–water partition coefficient (Wildman–Crippen LogP) is 1.13. The van der Waals surface area contributed by atoms with Gasteiger partial charge in [0.05, 0.1) is 4.92 Å². The van der Waals surface area contributed by atoms with E-state index in [9.17, 15) is 14.9 Å². The van der Waals surface area contributed by atoms with E-state index in [0.29, 0.717) is 5.56 Å². The van der Waals surface area contributed by atoms with Gasteiger partial charge in [0.1, 0.15) is 10.7 Å². The highest BCUT2D eigenvalue weighted by Crippen LogP contribution is 2.30. The molecule has 9 heteroatoms. The Morgan fingerprint density at radius 2 is 2.17 bits per heavy atom. The van der Waals surface area contributed by atoms with Crippen LogP contribution in [0.3, 0.4) is 0 Å². The Balaban J connectivity index is 2.58. The molecule has 3 N–H and O–H groups in total. The van der Waals surface area contributed by atoms with Gasteiger partial charge >= 0.3 is 0 Å². The fourth-order valence-electron chi connectivity index (χ4n) is 1.40. The van der Waals surface area contributed by atoms with Gasteiger partial charge in [-0.15, -0.1) is 0 Å². The van der Waals surface area contributed by atoms with E-state index in [1.54, 1.807) is 0 Å². The number of amides is 1. The zero-order valence-electron chi connectivity index (χ0n) is 8.75. The van der Waals surface area contributed by atoms with Gasteiger partial charge in [0.25, 0.3) is 11.6 Å². The van der Waals surface area contributed by atoms with Crippen LogP contribution in [0.15, 0.2) is 18.2 Å². The number of benzene rings is 1. The van der Waals surface area contributed by atoms with Gasteiger partial charge < -0.3 is 5.73 Å². The number of nitrogens with one attached hydrogen (secondary N) is 1. The van der Waals surface area contributed by atoms with Crippen LogP contribution < -0.4 is 5.73 Å². The standard InChI is InChI=1S/C9H6ClN5O3/c10-5-2-1-4(3-6(5)15(17)18)7-8(9(11)16)13-14-12-7/h1-3H,(H2,11,16)(H,12,13,14). The second kappa shape index (κ2) is 4.41. The number of carbonyl (C=O) groups is 1. The van der Waals surface area contributed by atoms with Gasteiger partial charge in [-0.25, -0.2) is 0 Å². The molecule has 2 aromatic rings. The minimum absolute atomic E-state index is 0.00660. The van der Waals surface area contributed by atoms with Crippen LogP contribution in [0.5, 0.6) is 0 Å². The summed E-state index contributed by atoms with van der Waals surface area (Å²) in [6.07, 6.45) is 0. The smallest absolute Gasteiger partial charge is 0.288 e. The lowest BCUT2D eigenvalue weighted by atomic mass is 10.1. The molecule has 0 aliphatic carbocycles. The number of halogens is 1. The molecular weight excluding hydrogens is 262 g/mol. The van der Waals surface area contributed by atoms with Crippen molar-refractivity contribution in [2.45, 2.75) is 0 Å². The van der Waals surface area contributed by atoms with Crippen LogP contribution in [0.1, 0.15) is 10.5 Å². The average Bonchev–Trinajstić information content (AvgIpc) is 2.78. The van der Waals surface area contributed by atoms with Crippen molar-refractivity contribution in [3.05, 3.63) is 39.0 Å². The van der Waals surface area contributed by atoms with Gasteiger partial charge in [-0.2, -0.15) is 15.4 Å². The molecule has 0 saturated heterocycles. The molecular formula is C9H6ClN5O3. The van der Waals surface area contributed by atoms with E-state index in [0.717, 1.165) is 0 Å². The number of nitro benzene ring substituents is 1. The molecule has 0 aliphatic rings. The summed E-state index contributed by atoms with van der Waals surface area (Å²) < 4.78 is 0. The zero-order valence-corrected chi connectivity index (χ0v) is 9.51. The molecule has 1 aromatic heterocycles. The van der Waals surface area contributed by atoms with Crippen molar-refractivity contribution in [2.75, 3.05) is 0 Å². The van der Waals surface area contributed by atoms with E-state index in [1.165, 1.54) is 18.2 Å². The van der Waals surface area contributed by atoms with Crippen molar-refractivity contribution in [3.63, 3.8) is 0 Å². The number of nitro groups is 1. The lowest BCUT2D eigenvalue weighted by Crippen LogP contribution is -2.12. The Labute approximate surface area is 105 Å². The van der Waals surface area contributed by atoms with Gasteiger partial charge in [0, 0.05) is 11.6 Å². The summed E-state index contributed by atoms with van der Waals surface area (Å²) in [6.45, 7) is 0. The van der Waals surface area contributed by atoms with E-state index >= 15 is 0 Å². The fourth-order valence-corrected chi connectivity index (χ4v) is 1.59. The minimum Gasteiger partial charge on any atom is -0.364 e. The van der Waals surface area contributed by atoms with Crippen LogP contribution in [0.2, 0.25) is 5.02 Å². The largest absolute Gasteiger partial charge is 0.364 e. The zero-order chi connectivity index (χ0) is 13.3. The molecule has 0 unspecified atom stereocenters. The van der Waals surface area contributed by atoms with Crippen LogP contribution in [0.25, 0.3) is 11.3 Å². The number of aromatic nitrogens is 3. The van der Waals surface area contributed by atoms with Crippen LogP contribution in [0, 0.1) is 10.1 Å². The molecule has 8 nitrogen and oxygen atoms in total. The molecule has 0 spiro atoms. The molecule has 0 atom stereocenters. The molecule has 0 fully saturated rings. The first-order valence-electron chi connectivity index (χ1n) is 4.65. The van der Waals surface area contributed by atoms with Crippen molar-refractivity contribution < 1.29 is 9.72 Å². The van der Waals surface area contributed by atoms with E-state index < -0.39 is 10.8 Å². The molecule has 1 amide bonds. The third kappa shape index (κ3) is 2.00. The van der Waals surface area contributed by atoms with E-state index in [1.807, 2.05) is 0 Å². The summed E-state index contributed by atoms with van der Waals surface area (Å²) in [6, 6.07) is 4.03.